The van der Waals surface area contributed by atoms with Crippen LogP contribution in [0.3, 0.4) is 0 Å². The highest BCUT2D eigenvalue weighted by atomic mass is 16.5. The van der Waals surface area contributed by atoms with Crippen LogP contribution >= 0.6 is 0 Å². The molecule has 4 heteroatoms. The van der Waals surface area contributed by atoms with E-state index in [1.807, 2.05) is 38.1 Å². The van der Waals surface area contributed by atoms with Crippen LogP contribution in [0, 0.1) is 13.8 Å². The first kappa shape index (κ1) is 14.9. The predicted octanol–water partition coefficient (Wildman–Crippen LogP) is 3.41. The molecular weight excluding hydrogens is 266 g/mol. The lowest BCUT2D eigenvalue weighted by atomic mass is 10.1. The second-order valence-corrected chi connectivity index (χ2v) is 4.96. The molecule has 110 valence electrons. The smallest absolute Gasteiger partial charge is 0.338 e. The van der Waals surface area contributed by atoms with E-state index in [4.69, 9.17) is 4.74 Å². The number of methoxy groups -OCH3 is 1. The van der Waals surface area contributed by atoms with Gasteiger partial charge in [-0.2, -0.15) is 0 Å². The fourth-order valence-corrected chi connectivity index (χ4v) is 2.17. The van der Waals surface area contributed by atoms with Gasteiger partial charge in [-0.05, 0) is 48.7 Å². The van der Waals surface area contributed by atoms with Crippen molar-refractivity contribution in [3.05, 3.63) is 58.7 Å². The van der Waals surface area contributed by atoms with Gasteiger partial charge in [-0.15, -0.1) is 0 Å². The van der Waals surface area contributed by atoms with Crippen molar-refractivity contribution in [1.82, 2.24) is 0 Å². The quantitative estimate of drug-likeness (QED) is 0.667. The fraction of sp³-hybridized carbons (Fsp3) is 0.235. The van der Waals surface area contributed by atoms with E-state index in [9.17, 15) is 9.90 Å². The molecule has 0 aliphatic carbocycles. The van der Waals surface area contributed by atoms with E-state index in [0.29, 0.717) is 12.1 Å². The zero-order valence-electron chi connectivity index (χ0n) is 12.4. The summed E-state index contributed by atoms with van der Waals surface area (Å²) in [6.07, 6.45) is 0. The Morgan fingerprint density at radius 1 is 1.19 bits per heavy atom. The third kappa shape index (κ3) is 3.34. The first-order valence-electron chi connectivity index (χ1n) is 6.73. The molecular formula is C17H19NO3. The maximum atomic E-state index is 11.7. The number of anilines is 1. The maximum absolute atomic E-state index is 11.7. The number of hydrogen-bond acceptors (Lipinski definition) is 4. The molecule has 0 heterocycles. The highest BCUT2D eigenvalue weighted by Gasteiger charge is 2.11. The lowest BCUT2D eigenvalue weighted by molar-refractivity contribution is 0.0599. The Morgan fingerprint density at radius 3 is 2.62 bits per heavy atom. The molecule has 4 nitrogen and oxygen atoms in total. The van der Waals surface area contributed by atoms with Gasteiger partial charge in [0.1, 0.15) is 5.75 Å². The van der Waals surface area contributed by atoms with Gasteiger partial charge < -0.3 is 15.2 Å². The summed E-state index contributed by atoms with van der Waals surface area (Å²) >= 11 is 0. The molecule has 2 rings (SSSR count). The second kappa shape index (κ2) is 6.31. The zero-order chi connectivity index (χ0) is 15.4. The Kier molecular flexibility index (Phi) is 4.48. The lowest BCUT2D eigenvalue weighted by Crippen LogP contribution is -2.09. The average molecular weight is 285 g/mol. The molecule has 0 atom stereocenters. The van der Waals surface area contributed by atoms with Crippen LogP contribution in [0.4, 0.5) is 5.69 Å². The van der Waals surface area contributed by atoms with Crippen molar-refractivity contribution in [2.75, 3.05) is 12.4 Å². The number of hydrogen-bond donors (Lipinski definition) is 2. The number of ether oxygens (including phenoxy) is 1. The minimum Gasteiger partial charge on any atom is -0.508 e. The Balaban J connectivity index is 2.21. The third-order valence-electron chi connectivity index (χ3n) is 3.43. The molecule has 2 aromatic carbocycles. The minimum absolute atomic E-state index is 0.285. The van der Waals surface area contributed by atoms with Crippen LogP contribution < -0.4 is 5.32 Å². The van der Waals surface area contributed by atoms with Gasteiger partial charge in [-0.3, -0.25) is 0 Å². The van der Waals surface area contributed by atoms with Crippen LogP contribution in [0.5, 0.6) is 5.75 Å². The molecule has 0 bridgehead atoms. The normalized spacial score (nSPS) is 10.2. The summed E-state index contributed by atoms with van der Waals surface area (Å²) in [4.78, 5) is 11.7. The third-order valence-corrected chi connectivity index (χ3v) is 3.43. The monoisotopic (exact) mass is 285 g/mol. The number of rotatable bonds is 4. The standard InChI is InChI=1S/C17H19NO3/c1-11-9-16(19)12(2)8-15(11)18-10-13-6-4-5-7-14(13)17(20)21-3/h4-9,18-19H,10H2,1-3H3. The molecule has 0 unspecified atom stereocenters. The Morgan fingerprint density at radius 2 is 1.90 bits per heavy atom. The summed E-state index contributed by atoms with van der Waals surface area (Å²) in [6, 6.07) is 11.0. The summed E-state index contributed by atoms with van der Waals surface area (Å²) in [7, 11) is 1.38. The molecule has 0 fully saturated rings. The first-order valence-corrected chi connectivity index (χ1v) is 6.73. The molecule has 2 aromatic rings. The highest BCUT2D eigenvalue weighted by molar-refractivity contribution is 5.91. The Bertz CT molecular complexity index is 665. The number of carbonyl (C=O) groups excluding carboxylic acids is 1. The molecule has 2 N–H and O–H groups in total. The number of benzene rings is 2. The maximum Gasteiger partial charge on any atom is 0.338 e. The van der Waals surface area contributed by atoms with Crippen LogP contribution in [-0.4, -0.2) is 18.2 Å². The predicted molar refractivity (Wildman–Crippen MR) is 82.7 cm³/mol. The van der Waals surface area contributed by atoms with E-state index in [2.05, 4.69) is 5.32 Å². The number of aromatic hydroxyl groups is 1. The number of nitrogens with one attached hydrogen (secondary N) is 1. The van der Waals surface area contributed by atoms with Crippen LogP contribution in [0.1, 0.15) is 27.0 Å². The van der Waals surface area contributed by atoms with Gasteiger partial charge in [-0.25, -0.2) is 4.79 Å². The van der Waals surface area contributed by atoms with Crippen LogP contribution in [0.25, 0.3) is 0 Å². The topological polar surface area (TPSA) is 58.6 Å². The molecule has 0 aliphatic rings. The number of phenolic OH excluding ortho intramolecular Hbond substituents is 1. The lowest BCUT2D eigenvalue weighted by Gasteiger charge is -2.13. The zero-order valence-corrected chi connectivity index (χ0v) is 12.4. The summed E-state index contributed by atoms with van der Waals surface area (Å²) in [5.74, 6) is -0.0565. The average Bonchev–Trinajstić information content (AvgIpc) is 2.49. The van der Waals surface area contributed by atoms with E-state index < -0.39 is 0 Å². The molecule has 0 aromatic heterocycles. The Labute approximate surface area is 124 Å². The van der Waals surface area contributed by atoms with E-state index >= 15 is 0 Å². The van der Waals surface area contributed by atoms with E-state index in [1.165, 1.54) is 7.11 Å². The van der Waals surface area contributed by atoms with Crippen LogP contribution in [-0.2, 0) is 11.3 Å². The van der Waals surface area contributed by atoms with Crippen molar-refractivity contribution in [1.29, 1.82) is 0 Å². The van der Waals surface area contributed by atoms with E-state index in [1.54, 1.807) is 12.1 Å². The van der Waals surface area contributed by atoms with Gasteiger partial charge in [0, 0.05) is 12.2 Å². The summed E-state index contributed by atoms with van der Waals surface area (Å²) in [5.41, 5.74) is 4.12. The largest absolute Gasteiger partial charge is 0.508 e. The molecule has 0 amide bonds. The second-order valence-electron chi connectivity index (χ2n) is 4.96. The van der Waals surface area contributed by atoms with Gasteiger partial charge in [0.05, 0.1) is 12.7 Å². The molecule has 21 heavy (non-hydrogen) atoms. The number of aryl methyl sites for hydroxylation is 2. The number of esters is 1. The van der Waals surface area contributed by atoms with Crippen LogP contribution in [0.15, 0.2) is 36.4 Å². The van der Waals surface area contributed by atoms with E-state index in [0.717, 1.165) is 22.4 Å². The highest BCUT2D eigenvalue weighted by Crippen LogP contribution is 2.25. The van der Waals surface area contributed by atoms with Crippen LogP contribution in [0.2, 0.25) is 0 Å². The molecule has 0 aliphatic heterocycles. The van der Waals surface area contributed by atoms with Crippen molar-refractivity contribution in [2.24, 2.45) is 0 Å². The molecule has 0 radical (unpaired) electrons. The summed E-state index contributed by atoms with van der Waals surface area (Å²) < 4.78 is 4.79. The van der Waals surface area contributed by atoms with Crippen molar-refractivity contribution in [2.45, 2.75) is 20.4 Å². The van der Waals surface area contributed by atoms with Gasteiger partial charge in [0.15, 0.2) is 0 Å². The van der Waals surface area contributed by atoms with Gasteiger partial charge in [0.2, 0.25) is 0 Å². The molecule has 0 saturated carbocycles. The molecule has 0 spiro atoms. The Hall–Kier alpha value is -2.49. The summed E-state index contributed by atoms with van der Waals surface area (Å²) in [6.45, 7) is 4.28. The van der Waals surface area contributed by atoms with Crippen molar-refractivity contribution >= 4 is 11.7 Å². The van der Waals surface area contributed by atoms with Crippen molar-refractivity contribution in [3.8, 4) is 5.75 Å². The van der Waals surface area contributed by atoms with Crippen molar-refractivity contribution in [3.63, 3.8) is 0 Å². The van der Waals surface area contributed by atoms with Gasteiger partial charge >= 0.3 is 5.97 Å². The van der Waals surface area contributed by atoms with Crippen molar-refractivity contribution < 1.29 is 14.6 Å². The minimum atomic E-state index is -0.342. The molecule has 0 saturated heterocycles. The first-order chi connectivity index (χ1) is 10.0. The fourth-order valence-electron chi connectivity index (χ4n) is 2.17. The summed E-state index contributed by atoms with van der Waals surface area (Å²) in [5, 5.41) is 13.0. The van der Waals surface area contributed by atoms with Gasteiger partial charge in [-0.1, -0.05) is 18.2 Å². The van der Waals surface area contributed by atoms with E-state index in [-0.39, 0.29) is 11.7 Å². The SMILES string of the molecule is COC(=O)c1ccccc1CNc1cc(C)c(O)cc1C. The van der Waals surface area contributed by atoms with Gasteiger partial charge in [0.25, 0.3) is 0 Å². The number of carbonyl (C=O) groups is 1. The number of phenols is 1.